The summed E-state index contributed by atoms with van der Waals surface area (Å²) in [5, 5.41) is 15.1. The number of anilines is 1. The van der Waals surface area contributed by atoms with Crippen molar-refractivity contribution in [3.05, 3.63) is 28.2 Å². The summed E-state index contributed by atoms with van der Waals surface area (Å²) in [5.41, 5.74) is 0.248. The third-order valence-corrected chi connectivity index (χ3v) is 3.56. The minimum absolute atomic E-state index is 0.0837. The SMILES string of the molecule is CCNc1nc(C)c([N+](=O)[O-])c(Sc2nccn2C)n1. The van der Waals surface area contributed by atoms with Gasteiger partial charge in [0.1, 0.15) is 5.69 Å². The van der Waals surface area contributed by atoms with Gasteiger partial charge in [-0.05, 0) is 25.6 Å². The molecule has 0 saturated heterocycles. The number of aryl methyl sites for hydroxylation is 2. The van der Waals surface area contributed by atoms with Gasteiger partial charge in [0, 0.05) is 26.0 Å². The van der Waals surface area contributed by atoms with E-state index in [4.69, 9.17) is 0 Å². The lowest BCUT2D eigenvalue weighted by molar-refractivity contribution is -0.389. The number of hydrogen-bond acceptors (Lipinski definition) is 7. The average molecular weight is 294 g/mol. The third-order valence-electron chi connectivity index (χ3n) is 2.51. The van der Waals surface area contributed by atoms with Crippen molar-refractivity contribution in [2.24, 2.45) is 7.05 Å². The van der Waals surface area contributed by atoms with E-state index in [0.29, 0.717) is 23.3 Å². The molecule has 2 heterocycles. The topological polar surface area (TPSA) is 98.8 Å². The Morgan fingerprint density at radius 1 is 1.50 bits per heavy atom. The van der Waals surface area contributed by atoms with Gasteiger partial charge in [-0.3, -0.25) is 10.1 Å². The van der Waals surface area contributed by atoms with Crippen LogP contribution in [0, 0.1) is 17.0 Å². The smallest absolute Gasteiger partial charge is 0.322 e. The highest BCUT2D eigenvalue weighted by Crippen LogP contribution is 2.34. The van der Waals surface area contributed by atoms with Crippen LogP contribution in [0.25, 0.3) is 0 Å². The molecule has 0 saturated carbocycles. The maximum atomic E-state index is 11.2. The van der Waals surface area contributed by atoms with Gasteiger partial charge in [-0.25, -0.2) is 9.97 Å². The molecule has 8 nitrogen and oxygen atoms in total. The molecule has 0 aliphatic heterocycles. The van der Waals surface area contributed by atoms with Crippen molar-refractivity contribution in [1.82, 2.24) is 19.5 Å². The van der Waals surface area contributed by atoms with Crippen LogP contribution >= 0.6 is 11.8 Å². The fourth-order valence-corrected chi connectivity index (χ4v) is 2.54. The lowest BCUT2D eigenvalue weighted by atomic mass is 10.4. The van der Waals surface area contributed by atoms with Crippen molar-refractivity contribution < 1.29 is 4.92 Å². The van der Waals surface area contributed by atoms with Gasteiger partial charge >= 0.3 is 5.69 Å². The van der Waals surface area contributed by atoms with Crippen molar-refractivity contribution in [3.63, 3.8) is 0 Å². The summed E-state index contributed by atoms with van der Waals surface area (Å²) in [4.78, 5) is 23.2. The predicted octanol–water partition coefficient (Wildman–Crippen LogP) is 2.01. The van der Waals surface area contributed by atoms with E-state index in [1.165, 1.54) is 0 Å². The van der Waals surface area contributed by atoms with Crippen LogP contribution in [0.2, 0.25) is 0 Å². The van der Waals surface area contributed by atoms with Crippen LogP contribution in [0.3, 0.4) is 0 Å². The van der Waals surface area contributed by atoms with Gasteiger partial charge in [0.15, 0.2) is 10.2 Å². The summed E-state index contributed by atoms with van der Waals surface area (Å²) in [5.74, 6) is 0.382. The number of hydrogen-bond donors (Lipinski definition) is 1. The molecule has 106 valence electrons. The van der Waals surface area contributed by atoms with Gasteiger partial charge in [-0.2, -0.15) is 4.98 Å². The minimum Gasteiger partial charge on any atom is -0.354 e. The first-order chi connectivity index (χ1) is 9.52. The van der Waals surface area contributed by atoms with Crippen LogP contribution < -0.4 is 5.32 Å². The highest BCUT2D eigenvalue weighted by molar-refractivity contribution is 7.99. The summed E-state index contributed by atoms with van der Waals surface area (Å²) in [7, 11) is 1.82. The fraction of sp³-hybridized carbons (Fsp3) is 0.364. The van der Waals surface area contributed by atoms with E-state index < -0.39 is 4.92 Å². The van der Waals surface area contributed by atoms with Crippen LogP contribution in [0.4, 0.5) is 11.6 Å². The van der Waals surface area contributed by atoms with Gasteiger partial charge in [0.05, 0.1) is 4.92 Å². The van der Waals surface area contributed by atoms with Crippen molar-refractivity contribution in [3.8, 4) is 0 Å². The lowest BCUT2D eigenvalue weighted by Gasteiger charge is -2.07. The minimum atomic E-state index is -0.462. The van der Waals surface area contributed by atoms with Crippen molar-refractivity contribution in [1.29, 1.82) is 0 Å². The van der Waals surface area contributed by atoms with E-state index >= 15 is 0 Å². The molecule has 0 bridgehead atoms. The zero-order valence-corrected chi connectivity index (χ0v) is 12.1. The molecule has 1 N–H and O–H groups in total. The van der Waals surface area contributed by atoms with Crippen molar-refractivity contribution >= 4 is 23.4 Å². The summed E-state index contributed by atoms with van der Waals surface area (Å²) in [6.07, 6.45) is 3.40. The Morgan fingerprint density at radius 3 is 2.80 bits per heavy atom. The van der Waals surface area contributed by atoms with Crippen LogP contribution in [0.5, 0.6) is 0 Å². The zero-order valence-electron chi connectivity index (χ0n) is 11.3. The van der Waals surface area contributed by atoms with Gasteiger partial charge in [-0.15, -0.1) is 0 Å². The highest BCUT2D eigenvalue weighted by atomic mass is 32.2. The molecule has 20 heavy (non-hydrogen) atoms. The van der Waals surface area contributed by atoms with Crippen molar-refractivity contribution in [2.45, 2.75) is 24.0 Å². The summed E-state index contributed by atoms with van der Waals surface area (Å²) >= 11 is 1.15. The Balaban J connectivity index is 2.47. The van der Waals surface area contributed by atoms with Crippen LogP contribution in [-0.4, -0.2) is 31.0 Å². The number of nitro groups is 1. The Hall–Kier alpha value is -2.16. The van der Waals surface area contributed by atoms with E-state index in [9.17, 15) is 10.1 Å². The predicted molar refractivity (Wildman–Crippen MR) is 74.9 cm³/mol. The molecule has 0 radical (unpaired) electrons. The molecular weight excluding hydrogens is 280 g/mol. The number of nitrogens with one attached hydrogen (secondary N) is 1. The van der Waals surface area contributed by atoms with Crippen LogP contribution in [0.15, 0.2) is 22.6 Å². The Morgan fingerprint density at radius 2 is 2.25 bits per heavy atom. The van der Waals surface area contributed by atoms with Gasteiger partial charge in [-0.1, -0.05) is 0 Å². The van der Waals surface area contributed by atoms with E-state index in [1.54, 1.807) is 23.9 Å². The fourth-order valence-electron chi connectivity index (χ4n) is 1.60. The molecule has 0 spiro atoms. The Kier molecular flexibility index (Phi) is 4.18. The molecule has 2 aromatic heterocycles. The number of rotatable bonds is 5. The molecule has 2 aromatic rings. The molecule has 9 heteroatoms. The van der Waals surface area contributed by atoms with Gasteiger partial charge < -0.3 is 9.88 Å². The second-order valence-corrected chi connectivity index (χ2v) is 4.95. The molecule has 0 aromatic carbocycles. The van der Waals surface area contributed by atoms with Gasteiger partial charge in [0.2, 0.25) is 5.95 Å². The Labute approximate surface area is 119 Å². The molecule has 0 unspecified atom stereocenters. The van der Waals surface area contributed by atoms with E-state index in [-0.39, 0.29) is 10.7 Å². The second kappa shape index (κ2) is 5.87. The number of imidazole rings is 1. The standard InChI is InChI=1S/C11H14N6O2S/c1-4-12-10-14-7(2)8(17(18)19)9(15-10)20-11-13-5-6-16(11)3/h5-6H,4H2,1-3H3,(H,12,14,15). The number of nitrogens with zero attached hydrogens (tertiary/aromatic N) is 5. The maximum Gasteiger partial charge on any atom is 0.322 e. The molecule has 0 fully saturated rings. The van der Waals surface area contributed by atoms with Crippen LogP contribution in [0.1, 0.15) is 12.6 Å². The first-order valence-corrected chi connectivity index (χ1v) is 6.76. The normalized spacial score (nSPS) is 10.6. The van der Waals surface area contributed by atoms with Crippen molar-refractivity contribution in [2.75, 3.05) is 11.9 Å². The summed E-state index contributed by atoms with van der Waals surface area (Å²) in [6.45, 7) is 4.15. The molecule has 2 rings (SSSR count). The lowest BCUT2D eigenvalue weighted by Crippen LogP contribution is -2.07. The molecule has 0 aliphatic carbocycles. The van der Waals surface area contributed by atoms with Gasteiger partial charge in [0.25, 0.3) is 0 Å². The summed E-state index contributed by atoms with van der Waals surface area (Å²) in [6, 6.07) is 0. The zero-order chi connectivity index (χ0) is 14.7. The molecular formula is C11H14N6O2S. The maximum absolute atomic E-state index is 11.2. The third kappa shape index (κ3) is 2.87. The first kappa shape index (κ1) is 14.3. The first-order valence-electron chi connectivity index (χ1n) is 5.95. The van der Waals surface area contributed by atoms with E-state index in [2.05, 4.69) is 20.3 Å². The van der Waals surface area contributed by atoms with E-state index in [0.717, 1.165) is 11.8 Å². The monoisotopic (exact) mass is 294 g/mol. The summed E-state index contributed by atoms with van der Waals surface area (Å²) < 4.78 is 1.78. The quantitative estimate of drug-likeness (QED) is 0.511. The number of aromatic nitrogens is 4. The second-order valence-electron chi connectivity index (χ2n) is 4.00. The largest absolute Gasteiger partial charge is 0.354 e. The Bertz CT molecular complexity index is 642. The average Bonchev–Trinajstić information content (AvgIpc) is 2.74. The molecule has 0 atom stereocenters. The molecule has 0 amide bonds. The van der Waals surface area contributed by atoms with Crippen LogP contribution in [-0.2, 0) is 7.05 Å². The highest BCUT2D eigenvalue weighted by Gasteiger charge is 2.23. The van der Waals surface area contributed by atoms with E-state index in [1.807, 2.05) is 14.0 Å². The molecule has 0 aliphatic rings.